The molecule has 5 N–H and O–H groups in total. The van der Waals surface area contributed by atoms with Gasteiger partial charge in [-0.15, -0.1) is 0 Å². The topological polar surface area (TPSA) is 102 Å². The van der Waals surface area contributed by atoms with Gasteiger partial charge in [0.2, 0.25) is 0 Å². The van der Waals surface area contributed by atoms with Crippen molar-refractivity contribution in [3.63, 3.8) is 0 Å². The van der Waals surface area contributed by atoms with Gasteiger partial charge in [0.15, 0.2) is 0 Å². The molecule has 1 unspecified atom stereocenters. The van der Waals surface area contributed by atoms with Crippen molar-refractivity contribution in [2.24, 2.45) is 0 Å². The first-order chi connectivity index (χ1) is 8.89. The Morgan fingerprint density at radius 1 is 1.25 bits per heavy atom. The molecule has 0 aromatic heterocycles. The normalized spacial score (nSPS) is 19.9. The first kappa shape index (κ1) is 18.5. The van der Waals surface area contributed by atoms with Crippen LogP contribution in [-0.4, -0.2) is 91.7 Å². The summed E-state index contributed by atoms with van der Waals surface area (Å²) in [6.45, 7) is 0. The van der Waals surface area contributed by atoms with Crippen molar-refractivity contribution < 1.29 is 13.0 Å². The molecule has 1 aliphatic rings. The number of hydrogen-bond acceptors (Lipinski definition) is 6. The van der Waals surface area contributed by atoms with Crippen LogP contribution < -0.4 is 21.3 Å². The minimum absolute atomic E-state index is 0. The molecule has 9 heteroatoms. The third-order valence-electron chi connectivity index (χ3n) is 3.52. The molecule has 0 aliphatic carbocycles. The van der Waals surface area contributed by atoms with Gasteiger partial charge < -0.3 is 5.32 Å². The summed E-state index contributed by atoms with van der Waals surface area (Å²) in [7, 11) is 1.13. The number of anilines is 1. The zero-order chi connectivity index (χ0) is 14.3. The fourth-order valence-electron chi connectivity index (χ4n) is 2.53. The van der Waals surface area contributed by atoms with Crippen LogP contribution in [-0.2, 0) is 15.8 Å². The Bertz CT molecular complexity index is 589. The van der Waals surface area contributed by atoms with Crippen LogP contribution in [0.5, 0.6) is 0 Å². The number of nitrogens with one attached hydrogen (secondary N) is 4. The van der Waals surface area contributed by atoms with Crippen LogP contribution in [0, 0.1) is 0 Å². The Balaban J connectivity index is 0.00000200. The third-order valence-corrected chi connectivity index (χ3v) is 4.37. The Kier molecular flexibility index (Phi) is 6.19. The van der Waals surface area contributed by atoms with Crippen LogP contribution >= 0.6 is 0 Å². The molecule has 20 heavy (non-hydrogen) atoms. The van der Waals surface area contributed by atoms with Gasteiger partial charge >= 0.3 is 51.4 Å². The van der Waals surface area contributed by atoms with E-state index < -0.39 is 15.8 Å². The predicted molar refractivity (Wildman–Crippen MR) is 79.7 cm³/mol. The summed E-state index contributed by atoms with van der Waals surface area (Å²) in [5.41, 5.74) is 0.868. The summed E-state index contributed by atoms with van der Waals surface area (Å²) in [5, 5.41) is 12.7. The fourth-order valence-corrected chi connectivity index (χ4v) is 3.03. The van der Waals surface area contributed by atoms with Gasteiger partial charge in [-0.25, -0.2) is 0 Å². The Labute approximate surface area is 161 Å². The van der Waals surface area contributed by atoms with E-state index >= 15 is 0 Å². The van der Waals surface area contributed by atoms with Gasteiger partial charge in [-0.05, 0) is 39.3 Å². The van der Waals surface area contributed by atoms with Crippen molar-refractivity contribution in [1.82, 2.24) is 16.0 Å². The minimum atomic E-state index is -4.22. The molecule has 0 bridgehead atoms. The molecule has 0 fully saturated rings. The van der Waals surface area contributed by atoms with Gasteiger partial charge in [-0.3, -0.25) is 20.5 Å². The summed E-state index contributed by atoms with van der Waals surface area (Å²) in [6.07, 6.45) is -0.158. The molecule has 1 atom stereocenters. The second-order valence-corrected chi connectivity index (χ2v) is 5.78. The van der Waals surface area contributed by atoms with Gasteiger partial charge in [0.25, 0.3) is 10.1 Å². The molecule has 0 saturated heterocycles. The van der Waals surface area contributed by atoms with Gasteiger partial charge in [0.1, 0.15) is 11.8 Å². The van der Waals surface area contributed by atoms with E-state index in [2.05, 4.69) is 21.3 Å². The maximum atomic E-state index is 11.3. The van der Waals surface area contributed by atoms with E-state index in [1.54, 1.807) is 27.2 Å². The Hall–Kier alpha value is 0.446. The molecule has 0 radical (unpaired) electrons. The van der Waals surface area contributed by atoms with Crippen molar-refractivity contribution in [3.05, 3.63) is 23.8 Å². The van der Waals surface area contributed by atoms with Crippen LogP contribution in [0.15, 0.2) is 23.1 Å². The molecule has 1 aromatic carbocycles. The second kappa shape index (κ2) is 6.69. The maximum absolute atomic E-state index is 11.3. The van der Waals surface area contributed by atoms with E-state index in [9.17, 15) is 8.42 Å². The Morgan fingerprint density at radius 3 is 2.30 bits per heavy atom. The van der Waals surface area contributed by atoms with Crippen LogP contribution in [0.1, 0.15) is 5.56 Å². The zero-order valence-electron chi connectivity index (χ0n) is 11.0. The molecular formula is C11H19KN4O3S. The first-order valence-electron chi connectivity index (χ1n) is 5.82. The standard InChI is InChI=1S/C11H18N4O3S.K.H/c1-12-10-11(13-2,14-3)8-6-7(19(16,17)18)4-5-9(8)15-10;;/h4-6,10,12-15H,1-3H3,(H,16,17,18);;. The molecular weight excluding hydrogens is 307 g/mol. The number of rotatable bonds is 4. The average molecular weight is 326 g/mol. The fraction of sp³-hybridized carbons (Fsp3) is 0.455. The van der Waals surface area contributed by atoms with Crippen molar-refractivity contribution in [1.29, 1.82) is 0 Å². The predicted octanol–water partition coefficient (Wildman–Crippen LogP) is -1.15. The van der Waals surface area contributed by atoms with E-state index in [1.165, 1.54) is 12.1 Å². The summed E-state index contributed by atoms with van der Waals surface area (Å²) >= 11 is 0. The third kappa shape index (κ3) is 2.97. The quantitative estimate of drug-likeness (QED) is 0.270. The van der Waals surface area contributed by atoms with Crippen LogP contribution in [0.25, 0.3) is 0 Å². The number of likely N-dealkylation sites (N-methyl/N-ethyl adjacent to an activating group) is 3. The molecule has 108 valence electrons. The van der Waals surface area contributed by atoms with E-state index in [0.29, 0.717) is 0 Å². The molecule has 0 amide bonds. The molecule has 0 saturated carbocycles. The van der Waals surface area contributed by atoms with Gasteiger partial charge in [0.05, 0.1) is 4.90 Å². The van der Waals surface area contributed by atoms with Gasteiger partial charge in [-0.1, -0.05) is 0 Å². The van der Waals surface area contributed by atoms with Crippen LogP contribution in [0.2, 0.25) is 0 Å². The molecule has 1 aliphatic heterocycles. The van der Waals surface area contributed by atoms with Crippen molar-refractivity contribution in [3.8, 4) is 0 Å². The van der Waals surface area contributed by atoms with E-state index in [4.69, 9.17) is 4.55 Å². The van der Waals surface area contributed by atoms with Gasteiger partial charge in [-0.2, -0.15) is 8.42 Å². The summed E-state index contributed by atoms with van der Waals surface area (Å²) in [4.78, 5) is -0.125. The Morgan fingerprint density at radius 2 is 1.85 bits per heavy atom. The second-order valence-electron chi connectivity index (χ2n) is 4.36. The number of hydrogen-bond donors (Lipinski definition) is 5. The number of fused-ring (bicyclic) bond motifs is 1. The van der Waals surface area contributed by atoms with Gasteiger partial charge in [0, 0.05) is 11.3 Å². The molecule has 2 rings (SSSR count). The van der Waals surface area contributed by atoms with Crippen LogP contribution in [0.4, 0.5) is 5.69 Å². The van der Waals surface area contributed by atoms with Crippen molar-refractivity contribution in [2.75, 3.05) is 26.5 Å². The zero-order valence-corrected chi connectivity index (χ0v) is 11.8. The van der Waals surface area contributed by atoms with Crippen molar-refractivity contribution in [2.45, 2.75) is 16.7 Å². The van der Waals surface area contributed by atoms with Crippen LogP contribution in [0.3, 0.4) is 0 Å². The van der Waals surface area contributed by atoms with E-state index in [1.807, 2.05) is 0 Å². The summed E-state index contributed by atoms with van der Waals surface area (Å²) in [5.74, 6) is 0. The SMILES string of the molecule is CNC1Nc2ccc(S(=O)(=O)O)cc2C1(NC)NC.[KH]. The monoisotopic (exact) mass is 326 g/mol. The summed E-state index contributed by atoms with van der Waals surface area (Å²) < 4.78 is 31.7. The molecule has 7 nitrogen and oxygen atoms in total. The first-order valence-corrected chi connectivity index (χ1v) is 7.26. The molecule has 0 spiro atoms. The van der Waals surface area contributed by atoms with E-state index in [-0.39, 0.29) is 62.4 Å². The summed E-state index contributed by atoms with van der Waals surface area (Å²) in [6, 6.07) is 4.47. The van der Waals surface area contributed by atoms with Crippen molar-refractivity contribution >= 4 is 67.2 Å². The number of benzene rings is 1. The van der Waals surface area contributed by atoms with E-state index in [0.717, 1.165) is 11.3 Å². The average Bonchev–Trinajstić information content (AvgIpc) is 2.70. The molecule has 1 heterocycles. The molecule has 1 aromatic rings.